The number of fused-ring (bicyclic) bond motifs is 4. The van der Waals surface area contributed by atoms with Crippen LogP contribution in [0, 0.1) is 17.3 Å². The maximum atomic E-state index is 15.1. The molecule has 0 bridgehead atoms. The number of hydrogen-bond acceptors (Lipinski definition) is 5. The molecule has 5 nitrogen and oxygen atoms in total. The van der Waals surface area contributed by atoms with Gasteiger partial charge in [0.25, 0.3) is 0 Å². The molecule has 15 heteroatoms. The van der Waals surface area contributed by atoms with Crippen LogP contribution in [0.4, 0.5) is 22.0 Å². The van der Waals surface area contributed by atoms with Gasteiger partial charge in [0.1, 0.15) is 5.60 Å². The van der Waals surface area contributed by atoms with Crippen molar-refractivity contribution in [1.29, 1.82) is 0 Å². The molecule has 4 aliphatic carbocycles. The van der Waals surface area contributed by atoms with Crippen molar-refractivity contribution < 1.29 is 45.5 Å². The molecule has 48 heavy (non-hydrogen) atoms. The summed E-state index contributed by atoms with van der Waals surface area (Å²) in [6, 6.07) is 6.57. The zero-order valence-electron chi connectivity index (χ0n) is 25.4. The van der Waals surface area contributed by atoms with Gasteiger partial charge < -0.3 is 14.2 Å². The van der Waals surface area contributed by atoms with Gasteiger partial charge in [0.2, 0.25) is 0 Å². The van der Waals surface area contributed by atoms with Crippen molar-refractivity contribution in [3.63, 3.8) is 0 Å². The summed E-state index contributed by atoms with van der Waals surface area (Å²) in [5.74, 6) is -6.73. The van der Waals surface area contributed by atoms with Crippen LogP contribution in [0.2, 0.25) is 0 Å². The van der Waals surface area contributed by atoms with E-state index in [1.165, 1.54) is 6.92 Å². The van der Waals surface area contributed by atoms with Gasteiger partial charge in [0.05, 0.1) is 18.5 Å². The highest BCUT2D eigenvalue weighted by Gasteiger charge is 2.79. The summed E-state index contributed by atoms with van der Waals surface area (Å²) in [7, 11) is -3.61. The van der Waals surface area contributed by atoms with Gasteiger partial charge in [-0.2, -0.15) is 75.9 Å². The molecule has 2 saturated carbocycles. The standard InChI is InChI=1S/C30H36F5O5P.3CH4.4H2S/c1-4-39-41(38,40-5-2)21-10-6-18(7-11-21)24-17-27(3)25(14-15-28(27,37)29(31,32)30(33,34)35)23-12-8-19-16-20(36)9-13-22(19)26(23)24;;;;;;;/h6-7,10-11,16,23-25,37H,4-5,8-9,12-15,17H2,1-3H3;3*1H4;4*1H2/t23-,24+,25-,27-,28-;;;;;;;/m0......./s1. The molecule has 0 spiro atoms. The Labute approximate surface area is 311 Å². The zero-order chi connectivity index (χ0) is 30.0. The molecule has 0 radical (unpaired) electrons. The molecule has 0 saturated heterocycles. The number of rotatable bonds is 7. The van der Waals surface area contributed by atoms with Crippen LogP contribution in [0.25, 0.3) is 0 Å². The molecule has 5 rings (SSSR count). The van der Waals surface area contributed by atoms with E-state index in [4.69, 9.17) is 9.05 Å². The summed E-state index contributed by atoms with van der Waals surface area (Å²) in [5, 5.41) is 11.7. The Morgan fingerprint density at radius 3 is 1.94 bits per heavy atom. The highest BCUT2D eigenvalue weighted by Crippen LogP contribution is 2.70. The first-order valence-electron chi connectivity index (χ1n) is 14.3. The second kappa shape index (κ2) is 18.3. The van der Waals surface area contributed by atoms with Crippen molar-refractivity contribution >= 4 is 72.7 Å². The zero-order valence-corrected chi connectivity index (χ0v) is 30.3. The lowest BCUT2D eigenvalue weighted by atomic mass is 9.50. The van der Waals surface area contributed by atoms with Gasteiger partial charge in [0, 0.05) is 17.8 Å². The molecule has 5 atom stereocenters. The number of aliphatic hydroxyl groups is 1. The third-order valence-corrected chi connectivity index (χ3v) is 12.1. The number of halogens is 5. The van der Waals surface area contributed by atoms with E-state index < -0.39 is 49.0 Å². The Morgan fingerprint density at radius 1 is 0.896 bits per heavy atom. The molecule has 0 unspecified atom stereocenters. The average molecular weight is 787 g/mol. The number of carbonyl (C=O) groups is 1. The molecule has 2 fully saturated rings. The first-order valence-corrected chi connectivity index (χ1v) is 15.8. The fourth-order valence-electron chi connectivity index (χ4n) is 8.13. The summed E-state index contributed by atoms with van der Waals surface area (Å²) in [6.45, 7) is 5.07. The third kappa shape index (κ3) is 8.11. The fourth-order valence-corrected chi connectivity index (χ4v) is 9.70. The minimum atomic E-state index is -5.90. The van der Waals surface area contributed by atoms with Crippen LogP contribution in [-0.2, 0) is 18.4 Å². The molecule has 0 aliphatic heterocycles. The van der Waals surface area contributed by atoms with Crippen molar-refractivity contribution in [2.24, 2.45) is 17.3 Å². The summed E-state index contributed by atoms with van der Waals surface area (Å²) < 4.78 is 95.7. The minimum Gasteiger partial charge on any atom is -0.383 e. The van der Waals surface area contributed by atoms with Gasteiger partial charge in [-0.3, -0.25) is 9.36 Å². The molecule has 1 N–H and O–H groups in total. The van der Waals surface area contributed by atoms with Gasteiger partial charge in [-0.15, -0.1) is 0 Å². The van der Waals surface area contributed by atoms with E-state index in [1.807, 2.05) is 0 Å². The van der Waals surface area contributed by atoms with E-state index in [2.05, 4.69) is 0 Å². The summed E-state index contributed by atoms with van der Waals surface area (Å²) >= 11 is 0. The molecule has 1 aromatic rings. The lowest BCUT2D eigenvalue weighted by Crippen LogP contribution is -2.65. The number of benzene rings is 1. The van der Waals surface area contributed by atoms with Gasteiger partial charge in [-0.05, 0) is 99.1 Å². The van der Waals surface area contributed by atoms with Crippen molar-refractivity contribution in [3.8, 4) is 0 Å². The molecular formula is C33H56F5O5PS4. The van der Waals surface area contributed by atoms with E-state index in [9.17, 15) is 27.6 Å². The SMILES string of the molecule is C.C.C.CCOP(=O)(OCC)c1ccc([C@H]2C[C@@]3(C)[C@@H](CC[C@@]3(O)C(F)(F)C(F)(F)F)[C@@H]3CCC4=CC(=O)CCC4=C32)cc1.S.S.S.S. The molecule has 0 aromatic heterocycles. The number of ketones is 1. The predicted molar refractivity (Wildman–Crippen MR) is 205 cm³/mol. The van der Waals surface area contributed by atoms with E-state index in [-0.39, 0.29) is 114 Å². The number of carbonyl (C=O) groups excluding carboxylic acids is 1. The number of hydrogen-bond donors (Lipinski definition) is 1. The van der Waals surface area contributed by atoms with Gasteiger partial charge in [0.15, 0.2) is 5.78 Å². The van der Waals surface area contributed by atoms with Crippen LogP contribution in [0.5, 0.6) is 0 Å². The smallest absolute Gasteiger partial charge is 0.383 e. The monoisotopic (exact) mass is 786 g/mol. The topological polar surface area (TPSA) is 72.8 Å². The minimum absolute atomic E-state index is 0. The highest BCUT2D eigenvalue weighted by atomic mass is 32.1. The maximum Gasteiger partial charge on any atom is 0.456 e. The van der Waals surface area contributed by atoms with Gasteiger partial charge in [-0.25, -0.2) is 0 Å². The Hall–Kier alpha value is -0.470. The van der Waals surface area contributed by atoms with Crippen molar-refractivity contribution in [1.82, 2.24) is 0 Å². The average Bonchev–Trinajstić information content (AvgIpc) is 3.19. The quantitative estimate of drug-likeness (QED) is 0.220. The van der Waals surface area contributed by atoms with E-state index in [1.54, 1.807) is 44.2 Å². The fraction of sp³-hybridized carbons (Fsp3) is 0.667. The normalized spacial score (nSPS) is 27.6. The van der Waals surface area contributed by atoms with Crippen molar-refractivity contribution in [2.75, 3.05) is 13.2 Å². The first-order chi connectivity index (χ1) is 19.1. The van der Waals surface area contributed by atoms with Gasteiger partial charge >= 0.3 is 19.7 Å². The molecule has 0 heterocycles. The Bertz CT molecular complexity index is 1330. The number of allylic oxidation sites excluding steroid dienone is 4. The van der Waals surface area contributed by atoms with Crippen LogP contribution in [0.3, 0.4) is 0 Å². The predicted octanol–water partition coefficient (Wildman–Crippen LogP) is 9.77. The molecule has 4 aliphatic rings. The largest absolute Gasteiger partial charge is 0.456 e. The van der Waals surface area contributed by atoms with Crippen molar-refractivity contribution in [3.05, 3.63) is 52.6 Å². The lowest BCUT2D eigenvalue weighted by molar-refractivity contribution is -0.362. The highest BCUT2D eigenvalue weighted by molar-refractivity contribution is 7.62. The lowest BCUT2D eigenvalue weighted by Gasteiger charge is -2.56. The third-order valence-electron chi connectivity index (χ3n) is 9.97. The van der Waals surface area contributed by atoms with E-state index in [0.717, 1.165) is 16.7 Å². The van der Waals surface area contributed by atoms with E-state index >= 15 is 8.78 Å². The summed E-state index contributed by atoms with van der Waals surface area (Å²) in [6.07, 6.45) is -3.15. The van der Waals surface area contributed by atoms with Crippen LogP contribution < -0.4 is 5.30 Å². The van der Waals surface area contributed by atoms with Gasteiger partial charge in [-0.1, -0.05) is 46.9 Å². The molecule has 1 aromatic carbocycles. The number of alkyl halides is 5. The van der Waals surface area contributed by atoms with Crippen LogP contribution in [0.1, 0.15) is 99.5 Å². The van der Waals surface area contributed by atoms with Crippen LogP contribution in [0.15, 0.2) is 47.1 Å². The van der Waals surface area contributed by atoms with Crippen molar-refractivity contribution in [2.45, 2.75) is 112 Å². The van der Waals surface area contributed by atoms with Crippen LogP contribution >= 0.6 is 61.6 Å². The maximum absolute atomic E-state index is 15.1. The molecular weight excluding hydrogens is 731 g/mol. The second-order valence-electron chi connectivity index (χ2n) is 11.9. The van der Waals surface area contributed by atoms with Crippen LogP contribution in [-0.4, -0.2) is 41.8 Å². The second-order valence-corrected chi connectivity index (χ2v) is 13.9. The Morgan fingerprint density at radius 2 is 1.44 bits per heavy atom. The van der Waals surface area contributed by atoms with E-state index in [0.29, 0.717) is 36.6 Å². The molecule has 0 amide bonds. The Kier molecular flexibility index (Phi) is 19.8. The first kappa shape index (κ1) is 51.9. The Balaban J connectivity index is -0.00000289. The summed E-state index contributed by atoms with van der Waals surface area (Å²) in [5.41, 5.74) is -1.48. The molecule has 282 valence electrons. The summed E-state index contributed by atoms with van der Waals surface area (Å²) in [4.78, 5) is 12.2.